The molecule has 0 radical (unpaired) electrons. The second-order valence-electron chi connectivity index (χ2n) is 8.35. The van der Waals surface area contributed by atoms with Crippen LogP contribution >= 0.6 is 0 Å². The first-order chi connectivity index (χ1) is 17.0. The number of carbonyl (C=O) groups excluding carboxylic acids is 2. The van der Waals surface area contributed by atoms with E-state index in [9.17, 15) is 14.0 Å². The van der Waals surface area contributed by atoms with Crippen LogP contribution in [0, 0.1) is 18.8 Å². The minimum Gasteiger partial charge on any atom is -0.496 e. The Morgan fingerprint density at radius 1 is 1.06 bits per heavy atom. The van der Waals surface area contributed by atoms with Crippen LogP contribution in [0.25, 0.3) is 0 Å². The third-order valence-corrected chi connectivity index (χ3v) is 6.29. The number of hydrogen-bond donors (Lipinski definition) is 1. The van der Waals surface area contributed by atoms with Gasteiger partial charge in [-0.3, -0.25) is 4.79 Å². The lowest BCUT2D eigenvalue weighted by Crippen LogP contribution is -2.14. The molecule has 0 atom stereocenters. The molecule has 4 nitrogen and oxygen atoms in total. The molecule has 0 aromatic heterocycles. The quantitative estimate of drug-likeness (QED) is 0.402. The summed E-state index contributed by atoms with van der Waals surface area (Å²) in [5, 5.41) is 3.05. The van der Waals surface area contributed by atoms with Crippen molar-refractivity contribution in [3.63, 3.8) is 0 Å². The van der Waals surface area contributed by atoms with E-state index < -0.39 is 6.67 Å². The van der Waals surface area contributed by atoms with E-state index >= 15 is 0 Å². The maximum absolute atomic E-state index is 12.4. The zero-order valence-corrected chi connectivity index (χ0v) is 22.8. The van der Waals surface area contributed by atoms with Crippen LogP contribution in [0.3, 0.4) is 0 Å². The smallest absolute Gasteiger partial charge is 0.150 e. The van der Waals surface area contributed by atoms with Crippen molar-refractivity contribution in [2.24, 2.45) is 11.8 Å². The van der Waals surface area contributed by atoms with Crippen molar-refractivity contribution in [2.75, 3.05) is 19.5 Å². The van der Waals surface area contributed by atoms with Crippen LogP contribution in [-0.4, -0.2) is 26.7 Å². The van der Waals surface area contributed by atoms with Crippen LogP contribution in [0.5, 0.6) is 5.75 Å². The Balaban J connectivity index is 0.000000480. The van der Waals surface area contributed by atoms with Gasteiger partial charge in [0.15, 0.2) is 0 Å². The van der Waals surface area contributed by atoms with Gasteiger partial charge in [-0.15, -0.1) is 0 Å². The maximum atomic E-state index is 12.4. The number of nitrogens with one attached hydrogen (secondary N) is 1. The van der Waals surface area contributed by atoms with Crippen molar-refractivity contribution in [1.82, 2.24) is 0 Å². The topological polar surface area (TPSA) is 55.4 Å². The Hall–Kier alpha value is -2.69. The minimum atomic E-state index is -0.495. The van der Waals surface area contributed by atoms with E-state index in [2.05, 4.69) is 12.2 Å². The van der Waals surface area contributed by atoms with Gasteiger partial charge in [0.05, 0.1) is 7.11 Å². The van der Waals surface area contributed by atoms with Crippen LogP contribution in [0.1, 0.15) is 86.8 Å². The summed E-state index contributed by atoms with van der Waals surface area (Å²) in [6.07, 6.45) is 8.74. The predicted molar refractivity (Wildman–Crippen MR) is 146 cm³/mol. The number of benzene rings is 2. The van der Waals surface area contributed by atoms with Gasteiger partial charge < -0.3 is 14.8 Å². The van der Waals surface area contributed by atoms with Crippen LogP contribution in [-0.2, 0) is 17.9 Å². The summed E-state index contributed by atoms with van der Waals surface area (Å²) in [6, 6.07) is 11.2. The van der Waals surface area contributed by atoms with Crippen molar-refractivity contribution < 1.29 is 18.7 Å². The van der Waals surface area contributed by atoms with Crippen molar-refractivity contribution in [1.29, 1.82) is 0 Å². The highest BCUT2D eigenvalue weighted by atomic mass is 19.1. The van der Waals surface area contributed by atoms with Gasteiger partial charge in [-0.2, -0.15) is 0 Å². The summed E-state index contributed by atoms with van der Waals surface area (Å²) < 4.78 is 17.5. The molecular formula is C30H46FNO3. The highest BCUT2D eigenvalue weighted by Crippen LogP contribution is 2.29. The van der Waals surface area contributed by atoms with Crippen molar-refractivity contribution in [3.8, 4) is 5.75 Å². The van der Waals surface area contributed by atoms with Gasteiger partial charge >= 0.3 is 0 Å². The average Bonchev–Trinajstić information content (AvgIpc) is 2.94. The number of hydrogen-bond acceptors (Lipinski definition) is 4. The largest absolute Gasteiger partial charge is 0.496 e. The molecule has 0 spiro atoms. The number of rotatable bonds is 7. The Morgan fingerprint density at radius 3 is 2.17 bits per heavy atom. The predicted octanol–water partition coefficient (Wildman–Crippen LogP) is 8.00. The van der Waals surface area contributed by atoms with E-state index in [1.165, 1.54) is 19.3 Å². The second kappa shape index (κ2) is 19.6. The molecule has 0 amide bonds. The van der Waals surface area contributed by atoms with E-state index in [1.54, 1.807) is 25.3 Å². The summed E-state index contributed by atoms with van der Waals surface area (Å²) >= 11 is 0. The first-order valence-corrected chi connectivity index (χ1v) is 12.9. The van der Waals surface area contributed by atoms with Crippen molar-refractivity contribution in [2.45, 2.75) is 79.8 Å². The van der Waals surface area contributed by atoms with E-state index in [0.717, 1.165) is 53.9 Å². The van der Waals surface area contributed by atoms with E-state index in [0.29, 0.717) is 23.5 Å². The molecule has 1 aliphatic carbocycles. The summed E-state index contributed by atoms with van der Waals surface area (Å²) in [4.78, 5) is 20.9. The van der Waals surface area contributed by atoms with Gasteiger partial charge in [0.25, 0.3) is 0 Å². The molecule has 0 unspecified atom stereocenters. The maximum Gasteiger partial charge on any atom is 0.150 e. The van der Waals surface area contributed by atoms with E-state index in [-0.39, 0.29) is 0 Å². The number of aldehydes is 2. The molecule has 35 heavy (non-hydrogen) atoms. The number of halogens is 1. The summed E-state index contributed by atoms with van der Waals surface area (Å²) in [5.41, 5.74) is 4.30. The van der Waals surface area contributed by atoms with Gasteiger partial charge in [0.2, 0.25) is 0 Å². The zero-order chi connectivity index (χ0) is 26.6. The number of aryl methyl sites for hydroxylation is 1. The number of anilines is 1. The SMILES string of the molecule is CC.CCC1CCC(C=O)CC1.CCc1c(C=O)cccc1CF.CNc1ccc(C)c(OC)c1. The highest BCUT2D eigenvalue weighted by molar-refractivity contribution is 5.77. The zero-order valence-electron chi connectivity index (χ0n) is 22.8. The van der Waals surface area contributed by atoms with Crippen molar-refractivity contribution >= 4 is 18.3 Å². The Bertz CT molecular complexity index is 845. The van der Waals surface area contributed by atoms with Gasteiger partial charge in [-0.25, -0.2) is 4.39 Å². The van der Waals surface area contributed by atoms with E-state index in [1.807, 2.05) is 52.9 Å². The molecule has 2 aromatic rings. The summed E-state index contributed by atoms with van der Waals surface area (Å²) in [6.45, 7) is 9.69. The standard InChI is InChI=1S/C10H11FO.C9H13NO.C9H16O.C2H6/c1-2-10-8(6-11)4-3-5-9(10)7-12;1-7-4-5-8(10-2)6-9(7)11-3;1-2-8-3-5-9(7-10)6-4-8;1-2/h3-5,7H,2,6H2,1H3;4-6,10H,1-3H3;7-9H,2-6H2,1H3;1-2H3. The molecular weight excluding hydrogens is 441 g/mol. The molecule has 1 fully saturated rings. The first kappa shape index (κ1) is 32.3. The summed E-state index contributed by atoms with van der Waals surface area (Å²) in [5.74, 6) is 2.23. The highest BCUT2D eigenvalue weighted by Gasteiger charge is 2.18. The normalized spacial score (nSPS) is 16.1. The molecule has 0 saturated heterocycles. The third-order valence-electron chi connectivity index (χ3n) is 6.29. The molecule has 5 heteroatoms. The molecule has 2 aromatic carbocycles. The van der Waals surface area contributed by atoms with Crippen LogP contribution in [0.15, 0.2) is 36.4 Å². The Kier molecular flexibility index (Phi) is 18.1. The fraction of sp³-hybridized carbons (Fsp3) is 0.533. The molecule has 1 N–H and O–H groups in total. The van der Waals surface area contributed by atoms with Gasteiger partial charge in [0, 0.05) is 30.3 Å². The Morgan fingerprint density at radius 2 is 1.71 bits per heavy atom. The van der Waals surface area contributed by atoms with Gasteiger partial charge in [-0.1, -0.05) is 58.4 Å². The average molecular weight is 488 g/mol. The molecule has 0 heterocycles. The number of alkyl halides is 1. The lowest BCUT2D eigenvalue weighted by atomic mass is 9.82. The number of carbonyl (C=O) groups is 2. The number of methoxy groups -OCH3 is 1. The molecule has 1 saturated carbocycles. The minimum absolute atomic E-state index is 0.391. The van der Waals surface area contributed by atoms with Gasteiger partial charge in [0.1, 0.15) is 25.0 Å². The van der Waals surface area contributed by atoms with Crippen LogP contribution in [0.2, 0.25) is 0 Å². The third kappa shape index (κ3) is 11.5. The molecule has 3 rings (SSSR count). The molecule has 1 aliphatic rings. The number of ether oxygens (including phenoxy) is 1. The fourth-order valence-electron chi connectivity index (χ4n) is 4.03. The van der Waals surface area contributed by atoms with Crippen molar-refractivity contribution in [3.05, 3.63) is 58.7 Å². The molecule has 0 bridgehead atoms. The van der Waals surface area contributed by atoms with Crippen LogP contribution in [0.4, 0.5) is 10.1 Å². The molecule has 196 valence electrons. The molecule has 0 aliphatic heterocycles. The first-order valence-electron chi connectivity index (χ1n) is 12.9. The fourth-order valence-corrected chi connectivity index (χ4v) is 4.03. The lowest BCUT2D eigenvalue weighted by Gasteiger charge is -2.23. The lowest BCUT2D eigenvalue weighted by molar-refractivity contribution is -0.112. The van der Waals surface area contributed by atoms with Gasteiger partial charge in [-0.05, 0) is 67.7 Å². The monoisotopic (exact) mass is 487 g/mol. The second-order valence-corrected chi connectivity index (χ2v) is 8.35. The summed E-state index contributed by atoms with van der Waals surface area (Å²) in [7, 11) is 3.58. The van der Waals surface area contributed by atoms with Crippen LogP contribution < -0.4 is 10.1 Å². The Labute approximate surface area is 212 Å². The van der Waals surface area contributed by atoms with E-state index in [4.69, 9.17) is 4.74 Å².